The highest BCUT2D eigenvalue weighted by Crippen LogP contribution is 2.28. The SMILES string of the molecule is CC(=O)c1cccc(NC(=O)N[C@@H]2CCCC[C@H]2CN2CCCC(Cc3ccc(F)cc3)C2)c1. The Morgan fingerprint density at radius 1 is 1.03 bits per heavy atom. The molecule has 34 heavy (non-hydrogen) atoms. The number of nitrogens with zero attached hydrogens (tertiary/aromatic N) is 1. The molecular weight excluding hydrogens is 429 g/mol. The zero-order chi connectivity index (χ0) is 23.9. The van der Waals surface area contributed by atoms with Crippen molar-refractivity contribution in [2.24, 2.45) is 11.8 Å². The molecule has 182 valence electrons. The van der Waals surface area contributed by atoms with Crippen LogP contribution in [0.2, 0.25) is 0 Å². The zero-order valence-corrected chi connectivity index (χ0v) is 20.1. The van der Waals surface area contributed by atoms with E-state index in [4.69, 9.17) is 0 Å². The van der Waals surface area contributed by atoms with Crippen LogP contribution in [0.1, 0.15) is 61.4 Å². The van der Waals surface area contributed by atoms with Crippen LogP contribution in [0.15, 0.2) is 48.5 Å². The minimum absolute atomic E-state index is 0.0179. The molecular formula is C28H36FN3O2. The van der Waals surface area contributed by atoms with Gasteiger partial charge in [0.05, 0.1) is 0 Å². The van der Waals surface area contributed by atoms with Gasteiger partial charge in [-0.3, -0.25) is 4.79 Å². The van der Waals surface area contributed by atoms with E-state index in [1.807, 2.05) is 12.1 Å². The number of halogens is 1. The molecule has 2 N–H and O–H groups in total. The number of amides is 2. The van der Waals surface area contributed by atoms with Crippen molar-refractivity contribution in [1.82, 2.24) is 10.2 Å². The molecule has 0 spiro atoms. The topological polar surface area (TPSA) is 61.4 Å². The Hall–Kier alpha value is -2.73. The Morgan fingerprint density at radius 2 is 1.82 bits per heavy atom. The van der Waals surface area contributed by atoms with Crippen LogP contribution >= 0.6 is 0 Å². The molecule has 2 aromatic rings. The first-order valence-electron chi connectivity index (χ1n) is 12.6. The summed E-state index contributed by atoms with van der Waals surface area (Å²) in [6, 6.07) is 13.9. The summed E-state index contributed by atoms with van der Waals surface area (Å²) >= 11 is 0. The predicted molar refractivity (Wildman–Crippen MR) is 134 cm³/mol. The third kappa shape index (κ3) is 6.89. The monoisotopic (exact) mass is 465 g/mol. The molecule has 2 aromatic carbocycles. The van der Waals surface area contributed by atoms with Crippen molar-refractivity contribution < 1.29 is 14.0 Å². The normalized spacial score (nSPS) is 23.3. The number of carbonyl (C=O) groups is 2. The van der Waals surface area contributed by atoms with Gasteiger partial charge >= 0.3 is 6.03 Å². The number of urea groups is 1. The van der Waals surface area contributed by atoms with Gasteiger partial charge in [0.25, 0.3) is 0 Å². The molecule has 5 nitrogen and oxygen atoms in total. The summed E-state index contributed by atoms with van der Waals surface area (Å²) < 4.78 is 13.2. The lowest BCUT2D eigenvalue weighted by molar-refractivity contribution is 0.101. The molecule has 1 saturated carbocycles. The van der Waals surface area contributed by atoms with Gasteiger partial charge in [-0.2, -0.15) is 0 Å². The predicted octanol–water partition coefficient (Wildman–Crippen LogP) is 5.66. The van der Waals surface area contributed by atoms with Crippen LogP contribution in [0.3, 0.4) is 0 Å². The molecule has 1 saturated heterocycles. The average Bonchev–Trinajstić information content (AvgIpc) is 2.82. The average molecular weight is 466 g/mol. The van der Waals surface area contributed by atoms with Gasteiger partial charge in [-0.15, -0.1) is 0 Å². The smallest absolute Gasteiger partial charge is 0.319 e. The van der Waals surface area contributed by atoms with E-state index in [0.29, 0.717) is 23.1 Å². The fourth-order valence-corrected chi connectivity index (χ4v) is 5.54. The maximum Gasteiger partial charge on any atom is 0.319 e. The van der Waals surface area contributed by atoms with E-state index >= 15 is 0 Å². The van der Waals surface area contributed by atoms with Crippen molar-refractivity contribution in [3.63, 3.8) is 0 Å². The third-order valence-electron chi connectivity index (χ3n) is 7.29. The van der Waals surface area contributed by atoms with Gasteiger partial charge < -0.3 is 15.5 Å². The van der Waals surface area contributed by atoms with Crippen LogP contribution in [-0.2, 0) is 6.42 Å². The summed E-state index contributed by atoms with van der Waals surface area (Å²) in [7, 11) is 0. The van der Waals surface area contributed by atoms with E-state index in [2.05, 4.69) is 15.5 Å². The van der Waals surface area contributed by atoms with E-state index in [0.717, 1.165) is 45.3 Å². The number of piperidine rings is 1. The van der Waals surface area contributed by atoms with Crippen molar-refractivity contribution >= 4 is 17.5 Å². The molecule has 2 aliphatic rings. The van der Waals surface area contributed by atoms with Gasteiger partial charge in [0.2, 0.25) is 0 Å². The van der Waals surface area contributed by atoms with Gasteiger partial charge in [0.15, 0.2) is 5.78 Å². The van der Waals surface area contributed by atoms with Crippen LogP contribution < -0.4 is 10.6 Å². The van der Waals surface area contributed by atoms with E-state index in [-0.39, 0.29) is 23.7 Å². The summed E-state index contributed by atoms with van der Waals surface area (Å²) in [5, 5.41) is 6.12. The molecule has 0 bridgehead atoms. The fourth-order valence-electron chi connectivity index (χ4n) is 5.54. The number of Topliss-reactive ketones (excluding diaryl/α,β-unsaturated/α-hetero) is 1. The van der Waals surface area contributed by atoms with Gasteiger partial charge in [-0.1, -0.05) is 37.1 Å². The van der Waals surface area contributed by atoms with E-state index in [9.17, 15) is 14.0 Å². The molecule has 3 atom stereocenters. The second-order valence-electron chi connectivity index (χ2n) is 9.98. The number of hydrogen-bond acceptors (Lipinski definition) is 3. The third-order valence-corrected chi connectivity index (χ3v) is 7.29. The molecule has 2 amide bonds. The molecule has 1 unspecified atom stereocenters. The number of rotatable bonds is 7. The van der Waals surface area contributed by atoms with Gasteiger partial charge in [0.1, 0.15) is 5.82 Å². The molecule has 1 heterocycles. The van der Waals surface area contributed by atoms with Crippen LogP contribution in [0, 0.1) is 17.7 Å². The highest BCUT2D eigenvalue weighted by Gasteiger charge is 2.30. The van der Waals surface area contributed by atoms with Crippen LogP contribution in [0.4, 0.5) is 14.9 Å². The lowest BCUT2D eigenvalue weighted by Gasteiger charge is -2.39. The summed E-state index contributed by atoms with van der Waals surface area (Å²) in [6.45, 7) is 4.69. The Labute approximate surface area is 202 Å². The molecule has 1 aliphatic carbocycles. The Balaban J connectivity index is 1.30. The Morgan fingerprint density at radius 3 is 2.62 bits per heavy atom. The standard InChI is InChI=1S/C28H36FN3O2/c1-20(33)23-8-4-9-26(17-23)30-28(34)31-27-10-3-2-7-24(27)19-32-15-5-6-22(18-32)16-21-11-13-25(29)14-12-21/h4,8-9,11-14,17,22,24,27H,2-3,5-7,10,15-16,18-19H2,1H3,(H2,30,31,34)/t22?,24-,27+/m0/s1. The van der Waals surface area contributed by atoms with Gasteiger partial charge in [-0.05, 0) is 87.2 Å². The maximum absolute atomic E-state index is 13.2. The van der Waals surface area contributed by atoms with Crippen LogP contribution in [0.25, 0.3) is 0 Å². The van der Waals surface area contributed by atoms with Crippen molar-refractivity contribution in [2.45, 2.75) is 57.9 Å². The summed E-state index contributed by atoms with van der Waals surface area (Å²) in [6.07, 6.45) is 7.85. The second kappa shape index (κ2) is 11.6. The van der Waals surface area contributed by atoms with Crippen molar-refractivity contribution in [3.05, 3.63) is 65.5 Å². The largest absolute Gasteiger partial charge is 0.335 e. The lowest BCUT2D eigenvalue weighted by Crippen LogP contribution is -2.49. The summed E-state index contributed by atoms with van der Waals surface area (Å²) in [4.78, 5) is 26.9. The minimum Gasteiger partial charge on any atom is -0.335 e. The van der Waals surface area contributed by atoms with E-state index in [1.54, 1.807) is 36.4 Å². The summed E-state index contributed by atoms with van der Waals surface area (Å²) in [5.74, 6) is 0.829. The quantitative estimate of drug-likeness (QED) is 0.519. The molecule has 4 rings (SSSR count). The first-order chi connectivity index (χ1) is 16.5. The number of hydrogen-bond donors (Lipinski definition) is 2. The Kier molecular flexibility index (Phi) is 8.33. The number of ketones is 1. The lowest BCUT2D eigenvalue weighted by atomic mass is 9.83. The van der Waals surface area contributed by atoms with Gasteiger partial charge in [0, 0.05) is 30.4 Å². The highest BCUT2D eigenvalue weighted by atomic mass is 19.1. The van der Waals surface area contributed by atoms with Crippen molar-refractivity contribution in [2.75, 3.05) is 25.0 Å². The van der Waals surface area contributed by atoms with Crippen molar-refractivity contribution in [1.29, 1.82) is 0 Å². The molecule has 6 heteroatoms. The number of carbonyl (C=O) groups excluding carboxylic acids is 2. The number of anilines is 1. The Bertz CT molecular complexity index is 978. The second-order valence-corrected chi connectivity index (χ2v) is 9.98. The highest BCUT2D eigenvalue weighted by molar-refractivity contribution is 5.96. The van der Waals surface area contributed by atoms with E-state index in [1.165, 1.54) is 31.7 Å². The van der Waals surface area contributed by atoms with Crippen LogP contribution in [0.5, 0.6) is 0 Å². The number of benzene rings is 2. The molecule has 0 radical (unpaired) electrons. The van der Waals surface area contributed by atoms with Crippen LogP contribution in [-0.4, -0.2) is 42.4 Å². The number of nitrogens with one attached hydrogen (secondary N) is 2. The first kappa shape index (κ1) is 24.4. The maximum atomic E-state index is 13.2. The molecule has 0 aromatic heterocycles. The van der Waals surface area contributed by atoms with Gasteiger partial charge in [-0.25, -0.2) is 9.18 Å². The molecule has 1 aliphatic heterocycles. The van der Waals surface area contributed by atoms with E-state index < -0.39 is 0 Å². The minimum atomic E-state index is -0.203. The molecule has 2 fully saturated rings. The van der Waals surface area contributed by atoms with Crippen molar-refractivity contribution in [3.8, 4) is 0 Å². The summed E-state index contributed by atoms with van der Waals surface area (Å²) in [5.41, 5.74) is 2.43. The fraction of sp³-hybridized carbons (Fsp3) is 0.500. The zero-order valence-electron chi connectivity index (χ0n) is 20.1. The first-order valence-corrected chi connectivity index (χ1v) is 12.6. The number of likely N-dealkylation sites (tertiary alicyclic amines) is 1.